The molecule has 1 aliphatic heterocycles. The zero-order valence-corrected chi connectivity index (χ0v) is 16.7. The number of phenolic OH excluding ortho intramolecular Hbond substituents is 1. The Hall–Kier alpha value is -4.06. The number of para-hydroxylation sites is 1. The fourth-order valence-corrected chi connectivity index (χ4v) is 4.06. The highest BCUT2D eigenvalue weighted by Gasteiger charge is 2.42. The van der Waals surface area contributed by atoms with Crippen LogP contribution in [0.25, 0.3) is 11.0 Å². The Morgan fingerprint density at radius 2 is 1.68 bits per heavy atom. The first-order valence-corrected chi connectivity index (χ1v) is 9.85. The standard InChI is InChI=1S/C25H19NO5/c1-30-18-12-6-15(7-13-18)14-26-22(16-8-10-17(27)11-9-16)21-23(28)19-4-2-3-5-20(19)31-24(21)25(26)29/h2-13,22,27H,14H2,1H3/t22-/m0/s1. The number of nitrogens with zero attached hydrogens (tertiary/aromatic N) is 1. The molecule has 5 rings (SSSR count). The average Bonchev–Trinajstić information content (AvgIpc) is 3.07. The Labute approximate surface area is 177 Å². The zero-order chi connectivity index (χ0) is 21.5. The van der Waals surface area contributed by atoms with Crippen LogP contribution in [0.5, 0.6) is 11.5 Å². The van der Waals surface area contributed by atoms with E-state index in [1.807, 2.05) is 24.3 Å². The number of rotatable bonds is 4. The van der Waals surface area contributed by atoms with Crippen molar-refractivity contribution in [2.24, 2.45) is 0 Å². The summed E-state index contributed by atoms with van der Waals surface area (Å²) in [6.07, 6.45) is 0. The number of benzene rings is 3. The van der Waals surface area contributed by atoms with Crippen LogP contribution in [0.1, 0.15) is 33.3 Å². The van der Waals surface area contributed by atoms with Crippen molar-refractivity contribution in [3.63, 3.8) is 0 Å². The molecular weight excluding hydrogens is 394 g/mol. The average molecular weight is 413 g/mol. The Morgan fingerprint density at radius 3 is 2.39 bits per heavy atom. The van der Waals surface area contributed by atoms with Crippen LogP contribution in [0, 0.1) is 0 Å². The van der Waals surface area contributed by atoms with Crippen molar-refractivity contribution in [1.29, 1.82) is 0 Å². The normalized spacial score (nSPS) is 15.3. The number of fused-ring (bicyclic) bond motifs is 2. The third-order valence-electron chi connectivity index (χ3n) is 5.59. The Balaban J connectivity index is 1.67. The molecule has 1 amide bonds. The number of hydrogen-bond acceptors (Lipinski definition) is 5. The van der Waals surface area contributed by atoms with E-state index in [9.17, 15) is 14.7 Å². The lowest BCUT2D eigenvalue weighted by molar-refractivity contribution is 0.0714. The number of hydrogen-bond donors (Lipinski definition) is 1. The zero-order valence-electron chi connectivity index (χ0n) is 16.7. The summed E-state index contributed by atoms with van der Waals surface area (Å²) in [5, 5.41) is 10.2. The van der Waals surface area contributed by atoms with E-state index in [1.165, 1.54) is 0 Å². The molecule has 154 valence electrons. The Bertz CT molecular complexity index is 1340. The van der Waals surface area contributed by atoms with Gasteiger partial charge in [-0.05, 0) is 47.5 Å². The fraction of sp³-hybridized carbons (Fsp3) is 0.120. The number of carbonyl (C=O) groups is 1. The van der Waals surface area contributed by atoms with Gasteiger partial charge in [-0.3, -0.25) is 9.59 Å². The summed E-state index contributed by atoms with van der Waals surface area (Å²) in [7, 11) is 1.60. The molecule has 2 heterocycles. The number of aromatic hydroxyl groups is 1. The third kappa shape index (κ3) is 3.13. The number of carbonyl (C=O) groups excluding carboxylic acids is 1. The third-order valence-corrected chi connectivity index (χ3v) is 5.59. The maximum Gasteiger partial charge on any atom is 0.291 e. The minimum absolute atomic E-state index is 0.0651. The van der Waals surface area contributed by atoms with Crippen molar-refractivity contribution in [3.8, 4) is 11.5 Å². The SMILES string of the molecule is COc1ccc(CN2C(=O)c3oc4ccccc4c(=O)c3[C@@H]2c2ccc(O)cc2)cc1. The van der Waals surface area contributed by atoms with E-state index < -0.39 is 6.04 Å². The van der Waals surface area contributed by atoms with Gasteiger partial charge >= 0.3 is 0 Å². The summed E-state index contributed by atoms with van der Waals surface area (Å²) in [5.74, 6) is 0.556. The molecule has 0 saturated carbocycles. The number of methoxy groups -OCH3 is 1. The van der Waals surface area contributed by atoms with Crippen LogP contribution in [0.3, 0.4) is 0 Å². The summed E-state index contributed by atoms with van der Waals surface area (Å²) in [6.45, 7) is 0.286. The predicted molar refractivity (Wildman–Crippen MR) is 115 cm³/mol. The molecule has 0 saturated heterocycles. The van der Waals surface area contributed by atoms with E-state index >= 15 is 0 Å². The molecule has 1 N–H and O–H groups in total. The molecule has 0 fully saturated rings. The second kappa shape index (κ2) is 7.32. The largest absolute Gasteiger partial charge is 0.508 e. The van der Waals surface area contributed by atoms with Gasteiger partial charge in [-0.1, -0.05) is 36.4 Å². The first kappa shape index (κ1) is 18.9. The molecule has 0 unspecified atom stereocenters. The van der Waals surface area contributed by atoms with Crippen LogP contribution in [0.15, 0.2) is 82.0 Å². The van der Waals surface area contributed by atoms with Gasteiger partial charge < -0.3 is 19.2 Å². The molecule has 6 nitrogen and oxygen atoms in total. The van der Waals surface area contributed by atoms with E-state index in [1.54, 1.807) is 60.5 Å². The van der Waals surface area contributed by atoms with Crippen molar-refractivity contribution < 1.29 is 19.1 Å². The summed E-state index contributed by atoms with van der Waals surface area (Å²) in [5.41, 5.74) is 2.10. The van der Waals surface area contributed by atoms with Crippen molar-refractivity contribution >= 4 is 16.9 Å². The first-order valence-electron chi connectivity index (χ1n) is 9.85. The maximum atomic E-state index is 13.4. The fourth-order valence-electron chi connectivity index (χ4n) is 4.06. The van der Waals surface area contributed by atoms with Crippen LogP contribution in [-0.4, -0.2) is 23.0 Å². The van der Waals surface area contributed by atoms with E-state index in [2.05, 4.69) is 0 Å². The molecule has 0 aliphatic carbocycles. The van der Waals surface area contributed by atoms with Gasteiger partial charge in [-0.25, -0.2) is 0 Å². The maximum absolute atomic E-state index is 13.4. The quantitative estimate of drug-likeness (QED) is 0.541. The molecule has 1 aliphatic rings. The van der Waals surface area contributed by atoms with Crippen LogP contribution >= 0.6 is 0 Å². The van der Waals surface area contributed by atoms with Crippen LogP contribution in [-0.2, 0) is 6.54 Å². The van der Waals surface area contributed by atoms with Gasteiger partial charge in [0.05, 0.1) is 24.1 Å². The lowest BCUT2D eigenvalue weighted by Crippen LogP contribution is -2.29. The molecular formula is C25H19NO5. The molecule has 0 radical (unpaired) electrons. The van der Waals surface area contributed by atoms with Crippen molar-refractivity contribution in [2.75, 3.05) is 7.11 Å². The molecule has 0 bridgehead atoms. The molecule has 3 aromatic carbocycles. The number of ether oxygens (including phenoxy) is 1. The lowest BCUT2D eigenvalue weighted by Gasteiger charge is -2.25. The summed E-state index contributed by atoms with van der Waals surface area (Å²) >= 11 is 0. The number of amides is 1. The van der Waals surface area contributed by atoms with Crippen LogP contribution in [0.2, 0.25) is 0 Å². The Kier molecular flexibility index (Phi) is 4.47. The predicted octanol–water partition coefficient (Wildman–Crippen LogP) is 4.25. The van der Waals surface area contributed by atoms with Crippen LogP contribution < -0.4 is 10.2 Å². The molecule has 0 spiro atoms. The van der Waals surface area contributed by atoms with E-state index in [0.717, 1.165) is 16.9 Å². The second-order valence-electron chi connectivity index (χ2n) is 7.45. The summed E-state index contributed by atoms with van der Waals surface area (Å²) in [6, 6.07) is 20.3. The monoisotopic (exact) mass is 413 g/mol. The topological polar surface area (TPSA) is 80.0 Å². The highest BCUT2D eigenvalue weighted by atomic mass is 16.5. The highest BCUT2D eigenvalue weighted by molar-refractivity contribution is 5.99. The summed E-state index contributed by atoms with van der Waals surface area (Å²) in [4.78, 5) is 28.4. The van der Waals surface area contributed by atoms with Crippen molar-refractivity contribution in [2.45, 2.75) is 12.6 Å². The van der Waals surface area contributed by atoms with Gasteiger partial charge in [0.15, 0.2) is 5.43 Å². The van der Waals surface area contributed by atoms with Gasteiger partial charge in [0.2, 0.25) is 5.76 Å². The van der Waals surface area contributed by atoms with Crippen molar-refractivity contribution in [1.82, 2.24) is 4.90 Å². The van der Waals surface area contributed by atoms with Crippen LogP contribution in [0.4, 0.5) is 0 Å². The minimum Gasteiger partial charge on any atom is -0.508 e. The van der Waals surface area contributed by atoms with Gasteiger partial charge in [0.1, 0.15) is 17.1 Å². The van der Waals surface area contributed by atoms with Gasteiger partial charge in [0, 0.05) is 6.54 Å². The van der Waals surface area contributed by atoms with E-state index in [4.69, 9.17) is 9.15 Å². The second-order valence-corrected chi connectivity index (χ2v) is 7.45. The smallest absolute Gasteiger partial charge is 0.291 e. The highest BCUT2D eigenvalue weighted by Crippen LogP contribution is 2.39. The Morgan fingerprint density at radius 1 is 0.968 bits per heavy atom. The van der Waals surface area contributed by atoms with E-state index in [0.29, 0.717) is 16.5 Å². The first-order chi connectivity index (χ1) is 15.1. The summed E-state index contributed by atoms with van der Waals surface area (Å²) < 4.78 is 11.1. The van der Waals surface area contributed by atoms with Crippen molar-refractivity contribution in [3.05, 3.63) is 105 Å². The minimum atomic E-state index is -0.619. The molecule has 1 aromatic heterocycles. The van der Waals surface area contributed by atoms with E-state index in [-0.39, 0.29) is 29.4 Å². The van der Waals surface area contributed by atoms with Gasteiger partial charge in [-0.2, -0.15) is 0 Å². The molecule has 4 aromatic rings. The van der Waals surface area contributed by atoms with Gasteiger partial charge in [-0.15, -0.1) is 0 Å². The molecule has 1 atom stereocenters. The van der Waals surface area contributed by atoms with Gasteiger partial charge in [0.25, 0.3) is 5.91 Å². The molecule has 31 heavy (non-hydrogen) atoms. The lowest BCUT2D eigenvalue weighted by atomic mass is 9.98. The molecule has 6 heteroatoms. The number of phenols is 1.